The minimum Gasteiger partial charge on any atom is -0.277 e. The molecule has 0 bridgehead atoms. The summed E-state index contributed by atoms with van der Waals surface area (Å²) in [7, 11) is 0. The summed E-state index contributed by atoms with van der Waals surface area (Å²) in [5.74, 6) is -0.597. The topological polar surface area (TPSA) is 67.5 Å². The Bertz CT molecular complexity index is 676. The average Bonchev–Trinajstić information content (AvgIpc) is 2.42. The van der Waals surface area contributed by atoms with Crippen LogP contribution in [-0.2, 0) is 0 Å². The summed E-state index contributed by atoms with van der Waals surface area (Å²) in [6.45, 7) is 0. The molecule has 0 fully saturated rings. The van der Waals surface area contributed by atoms with Gasteiger partial charge in [0, 0.05) is 17.7 Å². The largest absolute Gasteiger partial charge is 0.277 e. The SMILES string of the molecule is O=[N+]([O-])c1ccc(F)c(C=NNc2ccccc2Cl)c1. The van der Waals surface area contributed by atoms with Crippen LogP contribution in [-0.4, -0.2) is 11.1 Å². The monoisotopic (exact) mass is 293 g/mol. The van der Waals surface area contributed by atoms with Gasteiger partial charge in [-0.15, -0.1) is 0 Å². The second kappa shape index (κ2) is 6.12. The number of nitrogens with zero attached hydrogens (tertiary/aromatic N) is 2. The molecule has 0 radical (unpaired) electrons. The van der Waals surface area contributed by atoms with Crippen LogP contribution in [0.4, 0.5) is 15.8 Å². The lowest BCUT2D eigenvalue weighted by Crippen LogP contribution is -1.96. The first-order valence-corrected chi connectivity index (χ1v) is 5.93. The molecule has 0 unspecified atom stereocenters. The molecule has 0 amide bonds. The fourth-order valence-corrected chi connectivity index (χ4v) is 1.64. The van der Waals surface area contributed by atoms with Crippen molar-refractivity contribution in [1.29, 1.82) is 0 Å². The maximum Gasteiger partial charge on any atom is 0.270 e. The molecule has 102 valence electrons. The standard InChI is InChI=1S/C13H9ClFN3O2/c14-11-3-1-2-4-13(11)17-16-8-9-7-10(18(19)20)5-6-12(9)15/h1-8,17H. The molecule has 2 aromatic carbocycles. The Morgan fingerprint density at radius 3 is 2.75 bits per heavy atom. The van der Waals surface area contributed by atoms with Crippen LogP contribution in [0, 0.1) is 15.9 Å². The third-order valence-electron chi connectivity index (χ3n) is 2.45. The lowest BCUT2D eigenvalue weighted by Gasteiger charge is -2.02. The van der Waals surface area contributed by atoms with E-state index in [2.05, 4.69) is 10.5 Å². The van der Waals surface area contributed by atoms with Crippen molar-refractivity contribution in [2.45, 2.75) is 0 Å². The van der Waals surface area contributed by atoms with E-state index in [0.717, 1.165) is 24.4 Å². The van der Waals surface area contributed by atoms with E-state index < -0.39 is 10.7 Å². The highest BCUT2D eigenvalue weighted by Crippen LogP contribution is 2.20. The van der Waals surface area contributed by atoms with Gasteiger partial charge in [-0.25, -0.2) is 4.39 Å². The Morgan fingerprint density at radius 2 is 2.05 bits per heavy atom. The van der Waals surface area contributed by atoms with E-state index in [1.165, 1.54) is 0 Å². The average molecular weight is 294 g/mol. The van der Waals surface area contributed by atoms with E-state index in [1.54, 1.807) is 24.3 Å². The zero-order valence-corrected chi connectivity index (χ0v) is 10.8. The molecule has 0 saturated heterocycles. The van der Waals surface area contributed by atoms with Gasteiger partial charge in [0.05, 0.1) is 21.8 Å². The first-order valence-electron chi connectivity index (χ1n) is 5.55. The molecule has 7 heteroatoms. The number of non-ortho nitro benzene ring substituents is 1. The fourth-order valence-electron chi connectivity index (χ4n) is 1.47. The molecule has 2 aromatic rings. The third kappa shape index (κ3) is 3.30. The van der Waals surface area contributed by atoms with Crippen LogP contribution in [0.2, 0.25) is 5.02 Å². The molecule has 0 atom stereocenters. The van der Waals surface area contributed by atoms with Gasteiger partial charge in [-0.05, 0) is 18.2 Å². The second-order valence-corrected chi connectivity index (χ2v) is 4.22. The number of anilines is 1. The van der Waals surface area contributed by atoms with Crippen molar-refractivity contribution in [2.24, 2.45) is 5.10 Å². The molecule has 2 rings (SSSR count). The van der Waals surface area contributed by atoms with E-state index in [9.17, 15) is 14.5 Å². The molecular weight excluding hydrogens is 285 g/mol. The minimum absolute atomic E-state index is 0.0127. The second-order valence-electron chi connectivity index (χ2n) is 3.81. The Balaban J connectivity index is 2.17. The van der Waals surface area contributed by atoms with Gasteiger partial charge in [0.25, 0.3) is 5.69 Å². The van der Waals surface area contributed by atoms with E-state index in [-0.39, 0.29) is 11.3 Å². The number of hydrogen-bond donors (Lipinski definition) is 1. The molecular formula is C13H9ClFN3O2. The van der Waals surface area contributed by atoms with Gasteiger partial charge in [0.2, 0.25) is 0 Å². The third-order valence-corrected chi connectivity index (χ3v) is 2.78. The summed E-state index contributed by atoms with van der Waals surface area (Å²) in [4.78, 5) is 10.0. The summed E-state index contributed by atoms with van der Waals surface area (Å²) in [6.07, 6.45) is 1.16. The summed E-state index contributed by atoms with van der Waals surface area (Å²) >= 11 is 5.90. The highest BCUT2D eigenvalue weighted by Gasteiger charge is 2.09. The summed E-state index contributed by atoms with van der Waals surface area (Å²) in [5.41, 5.74) is 3.00. The molecule has 1 N–H and O–H groups in total. The smallest absolute Gasteiger partial charge is 0.270 e. The zero-order valence-electron chi connectivity index (χ0n) is 10.1. The molecule has 0 spiro atoms. The van der Waals surface area contributed by atoms with Crippen molar-refractivity contribution in [3.05, 3.63) is 69.0 Å². The quantitative estimate of drug-likeness (QED) is 0.529. The van der Waals surface area contributed by atoms with Gasteiger partial charge < -0.3 is 0 Å². The Hall–Kier alpha value is -2.47. The summed E-state index contributed by atoms with van der Waals surface area (Å²) in [6, 6.07) is 10.1. The number of nitrogens with one attached hydrogen (secondary N) is 1. The van der Waals surface area contributed by atoms with Crippen LogP contribution < -0.4 is 5.43 Å². The Labute approximate surface area is 118 Å². The normalized spacial score (nSPS) is 10.7. The van der Waals surface area contributed by atoms with Gasteiger partial charge in [-0.2, -0.15) is 5.10 Å². The number of nitro benzene ring substituents is 1. The highest BCUT2D eigenvalue weighted by atomic mass is 35.5. The van der Waals surface area contributed by atoms with Crippen LogP contribution in [0.5, 0.6) is 0 Å². The van der Waals surface area contributed by atoms with E-state index >= 15 is 0 Å². The highest BCUT2D eigenvalue weighted by molar-refractivity contribution is 6.33. The Morgan fingerprint density at radius 1 is 1.30 bits per heavy atom. The van der Waals surface area contributed by atoms with Crippen LogP contribution in [0.15, 0.2) is 47.6 Å². The number of para-hydroxylation sites is 1. The van der Waals surface area contributed by atoms with E-state index in [0.29, 0.717) is 10.7 Å². The minimum atomic E-state index is -0.599. The predicted octanol–water partition coefficient (Wildman–Crippen LogP) is 3.83. The number of rotatable bonds is 4. The van der Waals surface area contributed by atoms with Crippen LogP contribution in [0.3, 0.4) is 0 Å². The first-order chi connectivity index (χ1) is 9.58. The fraction of sp³-hybridized carbons (Fsp3) is 0. The van der Waals surface area contributed by atoms with Gasteiger partial charge in [-0.1, -0.05) is 23.7 Å². The number of benzene rings is 2. The van der Waals surface area contributed by atoms with Crippen molar-refractivity contribution < 1.29 is 9.31 Å². The number of nitro groups is 1. The van der Waals surface area contributed by atoms with Gasteiger partial charge in [0.15, 0.2) is 0 Å². The van der Waals surface area contributed by atoms with Crippen molar-refractivity contribution in [3.8, 4) is 0 Å². The van der Waals surface area contributed by atoms with Gasteiger partial charge >= 0.3 is 0 Å². The first kappa shape index (κ1) is 14.0. The maximum absolute atomic E-state index is 13.5. The van der Waals surface area contributed by atoms with Crippen molar-refractivity contribution in [1.82, 2.24) is 0 Å². The summed E-state index contributed by atoms with van der Waals surface area (Å²) in [5, 5.41) is 14.9. The molecule has 0 aromatic heterocycles. The van der Waals surface area contributed by atoms with E-state index in [1.807, 2.05) is 0 Å². The van der Waals surface area contributed by atoms with Crippen molar-refractivity contribution >= 4 is 29.2 Å². The number of hydrazone groups is 1. The van der Waals surface area contributed by atoms with Gasteiger partial charge in [0.1, 0.15) is 5.82 Å². The summed E-state index contributed by atoms with van der Waals surface area (Å²) < 4.78 is 13.5. The van der Waals surface area contributed by atoms with Crippen LogP contribution in [0.25, 0.3) is 0 Å². The lowest BCUT2D eigenvalue weighted by atomic mass is 10.2. The molecule has 0 aliphatic carbocycles. The number of halogens is 2. The van der Waals surface area contributed by atoms with E-state index in [4.69, 9.17) is 11.6 Å². The molecule has 0 aliphatic rings. The van der Waals surface area contributed by atoms with Crippen molar-refractivity contribution in [2.75, 3.05) is 5.43 Å². The van der Waals surface area contributed by atoms with Crippen molar-refractivity contribution in [3.63, 3.8) is 0 Å². The maximum atomic E-state index is 13.5. The Kier molecular flexibility index (Phi) is 4.27. The number of hydrogen-bond acceptors (Lipinski definition) is 4. The molecule has 20 heavy (non-hydrogen) atoms. The van der Waals surface area contributed by atoms with Crippen LogP contribution >= 0.6 is 11.6 Å². The molecule has 0 heterocycles. The molecule has 5 nitrogen and oxygen atoms in total. The molecule has 0 aliphatic heterocycles. The van der Waals surface area contributed by atoms with Gasteiger partial charge in [-0.3, -0.25) is 15.5 Å². The predicted molar refractivity (Wildman–Crippen MR) is 75.7 cm³/mol. The van der Waals surface area contributed by atoms with Crippen LogP contribution in [0.1, 0.15) is 5.56 Å². The lowest BCUT2D eigenvalue weighted by molar-refractivity contribution is -0.384. The zero-order chi connectivity index (χ0) is 14.5. The molecule has 0 saturated carbocycles.